The molecule has 1 aliphatic rings. The maximum atomic E-state index is 12.9. The van der Waals surface area contributed by atoms with E-state index < -0.39 is 0 Å². The molecular weight excluding hydrogens is 360 g/mol. The molecule has 6 heteroatoms. The summed E-state index contributed by atoms with van der Waals surface area (Å²) in [4.78, 5) is 28.0. The first-order valence-electron chi connectivity index (χ1n) is 9.03. The first-order chi connectivity index (χ1) is 13.0. The number of benzene rings is 1. The van der Waals surface area contributed by atoms with Crippen molar-refractivity contribution in [1.29, 1.82) is 0 Å². The molecular formula is C21H24N2O3S. The summed E-state index contributed by atoms with van der Waals surface area (Å²) in [7, 11) is 1.61. The van der Waals surface area contributed by atoms with E-state index in [0.717, 1.165) is 10.6 Å². The Morgan fingerprint density at radius 3 is 2.44 bits per heavy atom. The van der Waals surface area contributed by atoms with E-state index in [1.807, 2.05) is 41.8 Å². The minimum Gasteiger partial charge on any atom is -0.385 e. The van der Waals surface area contributed by atoms with Crippen LogP contribution in [0.1, 0.15) is 36.6 Å². The molecule has 3 rings (SSSR count). The molecule has 0 spiro atoms. The van der Waals surface area contributed by atoms with Gasteiger partial charge in [-0.1, -0.05) is 32.0 Å². The lowest BCUT2D eigenvalue weighted by Gasteiger charge is -2.15. The van der Waals surface area contributed by atoms with Crippen LogP contribution in [-0.4, -0.2) is 37.0 Å². The lowest BCUT2D eigenvalue weighted by molar-refractivity contribution is -0.136. The molecule has 0 radical (unpaired) electrons. The molecule has 2 heterocycles. The number of hydrogen-bond donors (Lipinski definition) is 1. The first kappa shape index (κ1) is 19.3. The molecule has 0 bridgehead atoms. The molecule has 27 heavy (non-hydrogen) atoms. The Bertz CT molecular complexity index is 839. The van der Waals surface area contributed by atoms with Crippen LogP contribution in [0.25, 0.3) is 5.57 Å². The van der Waals surface area contributed by atoms with Gasteiger partial charge in [0, 0.05) is 30.8 Å². The number of rotatable bonds is 8. The largest absolute Gasteiger partial charge is 0.385 e. The third-order valence-electron chi connectivity index (χ3n) is 4.51. The van der Waals surface area contributed by atoms with Gasteiger partial charge in [0.05, 0.1) is 5.57 Å². The van der Waals surface area contributed by atoms with Gasteiger partial charge in [-0.3, -0.25) is 14.5 Å². The van der Waals surface area contributed by atoms with Crippen molar-refractivity contribution in [2.45, 2.75) is 26.2 Å². The number of nitrogens with one attached hydrogen (secondary N) is 1. The second-order valence-electron chi connectivity index (χ2n) is 6.74. The molecule has 1 aliphatic heterocycles. The number of hydrogen-bond acceptors (Lipinski definition) is 5. The van der Waals surface area contributed by atoms with Crippen LogP contribution in [-0.2, 0) is 14.3 Å². The van der Waals surface area contributed by atoms with Crippen molar-refractivity contribution in [1.82, 2.24) is 4.90 Å². The van der Waals surface area contributed by atoms with Crippen molar-refractivity contribution in [2.75, 3.05) is 25.6 Å². The number of carbonyl (C=O) groups is 2. The van der Waals surface area contributed by atoms with Gasteiger partial charge in [-0.05, 0) is 41.5 Å². The highest BCUT2D eigenvalue weighted by molar-refractivity contribution is 7.11. The highest BCUT2D eigenvalue weighted by Gasteiger charge is 2.39. The van der Waals surface area contributed by atoms with Crippen LogP contribution in [0.2, 0.25) is 0 Å². The molecule has 142 valence electrons. The highest BCUT2D eigenvalue weighted by Crippen LogP contribution is 2.33. The van der Waals surface area contributed by atoms with Gasteiger partial charge in [0.1, 0.15) is 5.70 Å². The molecule has 0 unspecified atom stereocenters. The monoisotopic (exact) mass is 384 g/mol. The number of methoxy groups -OCH3 is 1. The Morgan fingerprint density at radius 2 is 1.85 bits per heavy atom. The lowest BCUT2D eigenvalue weighted by Crippen LogP contribution is -2.33. The predicted octanol–water partition coefficient (Wildman–Crippen LogP) is 4.10. The Kier molecular flexibility index (Phi) is 6.08. The summed E-state index contributed by atoms with van der Waals surface area (Å²) < 4.78 is 5.05. The van der Waals surface area contributed by atoms with E-state index in [4.69, 9.17) is 4.74 Å². The predicted molar refractivity (Wildman–Crippen MR) is 109 cm³/mol. The number of imide groups is 1. The molecule has 1 aromatic heterocycles. The SMILES string of the molecule is COCCCN1C(=O)C(Nc2ccc(C(C)C)cc2)=C(c2cccs2)C1=O. The second-order valence-corrected chi connectivity index (χ2v) is 7.69. The second kappa shape index (κ2) is 8.50. The molecule has 0 aliphatic carbocycles. The molecule has 5 nitrogen and oxygen atoms in total. The lowest BCUT2D eigenvalue weighted by atomic mass is 10.0. The van der Waals surface area contributed by atoms with Crippen LogP contribution in [0.15, 0.2) is 47.5 Å². The molecule has 1 N–H and O–H groups in total. The average molecular weight is 385 g/mol. The van der Waals surface area contributed by atoms with Crippen molar-refractivity contribution in [3.8, 4) is 0 Å². The van der Waals surface area contributed by atoms with Gasteiger partial charge in [0.25, 0.3) is 11.8 Å². The van der Waals surface area contributed by atoms with E-state index >= 15 is 0 Å². The van der Waals surface area contributed by atoms with Gasteiger partial charge in [0.2, 0.25) is 0 Å². The van der Waals surface area contributed by atoms with E-state index in [0.29, 0.717) is 36.8 Å². The molecule has 2 aromatic rings. The summed E-state index contributed by atoms with van der Waals surface area (Å²) in [5.41, 5.74) is 2.81. The maximum absolute atomic E-state index is 12.9. The number of anilines is 1. The summed E-state index contributed by atoms with van der Waals surface area (Å²) >= 11 is 1.45. The summed E-state index contributed by atoms with van der Waals surface area (Å²) in [6.45, 7) is 5.12. The van der Waals surface area contributed by atoms with Crippen LogP contribution >= 0.6 is 11.3 Å². The van der Waals surface area contributed by atoms with Crippen LogP contribution in [0, 0.1) is 0 Å². The molecule has 2 amide bonds. The molecule has 0 fully saturated rings. The average Bonchev–Trinajstić information content (AvgIpc) is 3.25. The van der Waals surface area contributed by atoms with E-state index in [-0.39, 0.29) is 11.8 Å². The van der Waals surface area contributed by atoms with Crippen LogP contribution < -0.4 is 5.32 Å². The standard InChI is InChI=1S/C21H24N2O3S/c1-14(2)15-7-9-16(10-8-15)22-19-18(17-6-4-13-27-17)20(24)23(21(19)25)11-5-12-26-3/h4,6-10,13-14,22H,5,11-12H2,1-3H3. The van der Waals surface area contributed by atoms with E-state index in [2.05, 4.69) is 19.2 Å². The van der Waals surface area contributed by atoms with Gasteiger partial charge < -0.3 is 10.1 Å². The fraction of sp³-hybridized carbons (Fsp3) is 0.333. The van der Waals surface area contributed by atoms with Gasteiger partial charge in [0.15, 0.2) is 0 Å². The normalized spacial score (nSPS) is 14.6. The number of amides is 2. The topological polar surface area (TPSA) is 58.6 Å². The molecule has 0 saturated carbocycles. The fourth-order valence-electron chi connectivity index (χ4n) is 3.01. The molecule has 0 saturated heterocycles. The Labute approximate surface area is 163 Å². The summed E-state index contributed by atoms with van der Waals surface area (Å²) in [6.07, 6.45) is 0.613. The Hall–Kier alpha value is -2.44. The summed E-state index contributed by atoms with van der Waals surface area (Å²) in [5, 5.41) is 5.09. The number of ether oxygens (including phenoxy) is 1. The van der Waals surface area contributed by atoms with Gasteiger partial charge in [-0.15, -0.1) is 11.3 Å². The fourth-order valence-corrected chi connectivity index (χ4v) is 3.78. The zero-order valence-corrected chi connectivity index (χ0v) is 16.6. The van der Waals surface area contributed by atoms with Crippen LogP contribution in [0.4, 0.5) is 5.69 Å². The van der Waals surface area contributed by atoms with E-state index in [1.54, 1.807) is 7.11 Å². The van der Waals surface area contributed by atoms with Gasteiger partial charge >= 0.3 is 0 Å². The highest BCUT2D eigenvalue weighted by atomic mass is 32.1. The third-order valence-corrected chi connectivity index (χ3v) is 5.40. The Balaban J connectivity index is 1.90. The summed E-state index contributed by atoms with van der Waals surface area (Å²) in [6, 6.07) is 11.7. The zero-order valence-electron chi connectivity index (χ0n) is 15.8. The minimum absolute atomic E-state index is 0.250. The molecule has 1 aromatic carbocycles. The van der Waals surface area contributed by atoms with Gasteiger partial charge in [-0.2, -0.15) is 0 Å². The summed E-state index contributed by atoms with van der Waals surface area (Å²) in [5.74, 6) is -0.0989. The van der Waals surface area contributed by atoms with Crippen molar-refractivity contribution in [3.05, 3.63) is 57.9 Å². The first-order valence-corrected chi connectivity index (χ1v) is 9.91. The quantitative estimate of drug-likeness (QED) is 0.550. The minimum atomic E-state index is -0.285. The number of nitrogens with zero attached hydrogens (tertiary/aromatic N) is 1. The Morgan fingerprint density at radius 1 is 1.11 bits per heavy atom. The number of carbonyl (C=O) groups excluding carboxylic acids is 2. The van der Waals surface area contributed by atoms with Crippen LogP contribution in [0.3, 0.4) is 0 Å². The molecule has 0 atom stereocenters. The zero-order chi connectivity index (χ0) is 19.4. The van der Waals surface area contributed by atoms with E-state index in [9.17, 15) is 9.59 Å². The van der Waals surface area contributed by atoms with Crippen LogP contribution in [0.5, 0.6) is 0 Å². The maximum Gasteiger partial charge on any atom is 0.278 e. The van der Waals surface area contributed by atoms with Crippen molar-refractivity contribution < 1.29 is 14.3 Å². The smallest absolute Gasteiger partial charge is 0.278 e. The number of thiophene rings is 1. The van der Waals surface area contributed by atoms with Crippen molar-refractivity contribution >= 4 is 34.4 Å². The third kappa shape index (κ3) is 4.12. The van der Waals surface area contributed by atoms with Crippen molar-refractivity contribution in [3.63, 3.8) is 0 Å². The van der Waals surface area contributed by atoms with E-state index in [1.165, 1.54) is 21.8 Å². The van der Waals surface area contributed by atoms with Gasteiger partial charge in [-0.25, -0.2) is 0 Å². The van der Waals surface area contributed by atoms with Crippen molar-refractivity contribution in [2.24, 2.45) is 0 Å².